The third-order valence-corrected chi connectivity index (χ3v) is 3.95. The van der Waals surface area contributed by atoms with Crippen molar-refractivity contribution in [3.05, 3.63) is 60.2 Å². The molecule has 1 unspecified atom stereocenters. The molecular weight excluding hydrogens is 372 g/mol. The number of hydrogen-bond acceptors (Lipinski definition) is 6. The number of aromatic nitrogens is 3. The zero-order chi connectivity index (χ0) is 20.9. The van der Waals surface area contributed by atoms with E-state index in [4.69, 9.17) is 9.47 Å². The molecule has 1 aromatic heterocycles. The number of benzene rings is 2. The van der Waals surface area contributed by atoms with Crippen LogP contribution in [0.4, 0.5) is 4.79 Å². The van der Waals surface area contributed by atoms with Gasteiger partial charge in [0.05, 0.1) is 11.9 Å². The molecule has 0 spiro atoms. The van der Waals surface area contributed by atoms with Gasteiger partial charge in [-0.25, -0.2) is 9.48 Å². The summed E-state index contributed by atoms with van der Waals surface area (Å²) in [6.07, 6.45) is -1.59. The summed E-state index contributed by atoms with van der Waals surface area (Å²) in [5.41, 5.74) is 1.56. The Bertz CT molecular complexity index is 979. The summed E-state index contributed by atoms with van der Waals surface area (Å²) in [7, 11) is 0. The van der Waals surface area contributed by atoms with Gasteiger partial charge in [0.2, 0.25) is 0 Å². The average Bonchev–Trinajstić information content (AvgIpc) is 3.09. The number of alkyl carbamates (subject to hydrolysis) is 1. The highest BCUT2D eigenvalue weighted by Crippen LogP contribution is 2.19. The fraction of sp³-hybridized carbons (Fsp3) is 0.333. The van der Waals surface area contributed by atoms with E-state index in [0.29, 0.717) is 11.0 Å². The molecule has 0 aliphatic carbocycles. The number of carbonyl (C=O) groups is 2. The van der Waals surface area contributed by atoms with Crippen molar-refractivity contribution >= 4 is 23.1 Å². The van der Waals surface area contributed by atoms with Crippen molar-refractivity contribution in [3.8, 4) is 0 Å². The number of hydrogen-bond donors (Lipinski definition) is 1. The lowest BCUT2D eigenvalue weighted by Crippen LogP contribution is -2.36. The molecule has 1 amide bonds. The fourth-order valence-corrected chi connectivity index (χ4v) is 2.76. The van der Waals surface area contributed by atoms with Gasteiger partial charge in [0, 0.05) is 0 Å². The summed E-state index contributed by atoms with van der Waals surface area (Å²) in [6.45, 7) is 5.47. The fourth-order valence-electron chi connectivity index (χ4n) is 2.76. The molecule has 8 heteroatoms. The Morgan fingerprint density at radius 1 is 1.07 bits per heavy atom. The topological polar surface area (TPSA) is 95.3 Å². The third-order valence-electron chi connectivity index (χ3n) is 3.95. The van der Waals surface area contributed by atoms with Gasteiger partial charge in [-0.05, 0) is 38.5 Å². The Balaban J connectivity index is 1.75. The second kappa shape index (κ2) is 8.72. The lowest BCUT2D eigenvalue weighted by Gasteiger charge is -2.23. The predicted molar refractivity (Wildman–Crippen MR) is 107 cm³/mol. The highest BCUT2D eigenvalue weighted by atomic mass is 16.6. The molecule has 0 aliphatic rings. The molecule has 29 heavy (non-hydrogen) atoms. The molecule has 0 fully saturated rings. The molecule has 1 heterocycles. The van der Waals surface area contributed by atoms with Gasteiger partial charge in [0.1, 0.15) is 23.9 Å². The van der Waals surface area contributed by atoms with Crippen LogP contribution in [0.2, 0.25) is 0 Å². The molecular formula is C21H24N4O4. The largest absolute Gasteiger partial charge is 0.460 e. The van der Waals surface area contributed by atoms with E-state index in [1.165, 1.54) is 4.68 Å². The summed E-state index contributed by atoms with van der Waals surface area (Å²) < 4.78 is 12.2. The van der Waals surface area contributed by atoms with Gasteiger partial charge in [-0.2, -0.15) is 0 Å². The van der Waals surface area contributed by atoms with Crippen molar-refractivity contribution in [1.82, 2.24) is 20.3 Å². The molecule has 2 aromatic carbocycles. The number of carbonyl (C=O) groups excluding carboxylic acids is 2. The van der Waals surface area contributed by atoms with Crippen LogP contribution in [0, 0.1) is 0 Å². The quantitative estimate of drug-likeness (QED) is 0.640. The van der Waals surface area contributed by atoms with Crippen LogP contribution in [0.25, 0.3) is 11.0 Å². The van der Waals surface area contributed by atoms with Crippen molar-refractivity contribution < 1.29 is 19.1 Å². The number of amides is 1. The summed E-state index contributed by atoms with van der Waals surface area (Å²) >= 11 is 0. The number of nitrogens with one attached hydrogen (secondary N) is 1. The van der Waals surface area contributed by atoms with Gasteiger partial charge in [-0.3, -0.25) is 10.1 Å². The zero-order valence-electron chi connectivity index (χ0n) is 16.7. The van der Waals surface area contributed by atoms with Crippen LogP contribution >= 0.6 is 0 Å². The van der Waals surface area contributed by atoms with Crippen LogP contribution in [0.5, 0.6) is 0 Å². The molecule has 0 saturated heterocycles. The van der Waals surface area contributed by atoms with E-state index in [1.807, 2.05) is 48.5 Å². The van der Waals surface area contributed by atoms with Crippen molar-refractivity contribution in [2.45, 2.75) is 45.6 Å². The highest BCUT2D eigenvalue weighted by molar-refractivity contribution is 5.76. The van der Waals surface area contributed by atoms with Gasteiger partial charge >= 0.3 is 12.1 Å². The molecule has 0 radical (unpaired) electrons. The first-order valence-corrected chi connectivity index (χ1v) is 9.31. The van der Waals surface area contributed by atoms with E-state index in [-0.39, 0.29) is 13.0 Å². The first-order chi connectivity index (χ1) is 13.8. The van der Waals surface area contributed by atoms with Gasteiger partial charge < -0.3 is 9.47 Å². The second-order valence-corrected chi connectivity index (χ2v) is 7.54. The minimum Gasteiger partial charge on any atom is -0.460 e. The third kappa shape index (κ3) is 5.78. The van der Waals surface area contributed by atoms with Gasteiger partial charge in [-0.1, -0.05) is 47.7 Å². The minimum atomic E-state index is -0.805. The van der Waals surface area contributed by atoms with Crippen LogP contribution in [-0.4, -0.2) is 32.7 Å². The SMILES string of the molecule is CC(C)(C)OC(=O)CC(NC(=O)OCc1ccccc1)n1nnc2ccccc21. The normalized spacial score (nSPS) is 12.4. The molecule has 3 aromatic rings. The Labute approximate surface area is 168 Å². The lowest BCUT2D eigenvalue weighted by atomic mass is 10.2. The number of fused-ring (bicyclic) bond motifs is 1. The average molecular weight is 396 g/mol. The number of para-hydroxylation sites is 1. The molecule has 3 rings (SSSR count). The zero-order valence-corrected chi connectivity index (χ0v) is 16.7. The maximum Gasteiger partial charge on any atom is 0.409 e. The number of esters is 1. The van der Waals surface area contributed by atoms with E-state index in [9.17, 15) is 9.59 Å². The van der Waals surface area contributed by atoms with Crippen molar-refractivity contribution in [3.63, 3.8) is 0 Å². The van der Waals surface area contributed by atoms with Gasteiger partial charge in [0.25, 0.3) is 0 Å². The van der Waals surface area contributed by atoms with E-state index in [2.05, 4.69) is 15.6 Å². The Hall–Kier alpha value is -3.42. The first-order valence-electron chi connectivity index (χ1n) is 9.31. The van der Waals surface area contributed by atoms with Crippen LogP contribution in [0.15, 0.2) is 54.6 Å². The first kappa shape index (κ1) is 20.3. The Morgan fingerprint density at radius 3 is 2.48 bits per heavy atom. The summed E-state index contributed by atoms with van der Waals surface area (Å²) in [5, 5.41) is 10.9. The van der Waals surface area contributed by atoms with Crippen LogP contribution in [0.1, 0.15) is 38.9 Å². The van der Waals surface area contributed by atoms with Gasteiger partial charge in [0.15, 0.2) is 0 Å². The van der Waals surface area contributed by atoms with Crippen molar-refractivity contribution in [1.29, 1.82) is 0 Å². The molecule has 0 aliphatic heterocycles. The Morgan fingerprint density at radius 2 is 1.76 bits per heavy atom. The summed E-state index contributed by atoms with van der Waals surface area (Å²) in [6, 6.07) is 16.6. The molecule has 0 bridgehead atoms. The summed E-state index contributed by atoms with van der Waals surface area (Å²) in [5.74, 6) is -0.467. The molecule has 8 nitrogen and oxygen atoms in total. The second-order valence-electron chi connectivity index (χ2n) is 7.54. The number of nitrogens with zero attached hydrogens (tertiary/aromatic N) is 3. The predicted octanol–water partition coefficient (Wildman–Crippen LogP) is 3.59. The molecule has 0 saturated carbocycles. The molecule has 1 atom stereocenters. The minimum absolute atomic E-state index is 0.115. The van der Waals surface area contributed by atoms with Crippen molar-refractivity contribution in [2.24, 2.45) is 0 Å². The van der Waals surface area contributed by atoms with Crippen LogP contribution < -0.4 is 5.32 Å². The molecule has 1 N–H and O–H groups in total. The maximum absolute atomic E-state index is 12.4. The maximum atomic E-state index is 12.4. The van der Waals surface area contributed by atoms with Crippen LogP contribution in [-0.2, 0) is 20.9 Å². The van der Waals surface area contributed by atoms with E-state index >= 15 is 0 Å². The monoisotopic (exact) mass is 396 g/mol. The van der Waals surface area contributed by atoms with E-state index < -0.39 is 23.8 Å². The standard InChI is InChI=1S/C21H24N4O4/c1-21(2,3)29-19(26)13-18(25-17-12-8-7-11-16(17)23-24-25)22-20(27)28-14-15-9-5-4-6-10-15/h4-12,18H,13-14H2,1-3H3,(H,22,27). The number of rotatable bonds is 6. The lowest BCUT2D eigenvalue weighted by molar-refractivity contribution is -0.156. The van der Waals surface area contributed by atoms with Crippen LogP contribution in [0.3, 0.4) is 0 Å². The smallest absolute Gasteiger partial charge is 0.409 e. The van der Waals surface area contributed by atoms with E-state index in [1.54, 1.807) is 26.8 Å². The summed E-state index contributed by atoms with van der Waals surface area (Å²) in [4.78, 5) is 24.8. The van der Waals surface area contributed by atoms with Gasteiger partial charge in [-0.15, -0.1) is 5.10 Å². The van der Waals surface area contributed by atoms with Crippen molar-refractivity contribution in [2.75, 3.05) is 0 Å². The Kier molecular flexibility index (Phi) is 6.11. The highest BCUT2D eigenvalue weighted by Gasteiger charge is 2.25. The number of ether oxygens (including phenoxy) is 2. The molecule has 152 valence electrons. The van der Waals surface area contributed by atoms with E-state index in [0.717, 1.165) is 5.56 Å².